The molecule has 0 atom stereocenters. The number of nitrogens with zero attached hydrogens (tertiary/aromatic N) is 2. The molecule has 0 aliphatic heterocycles. The Balaban J connectivity index is 2.37. The summed E-state index contributed by atoms with van der Waals surface area (Å²) in [6, 6.07) is 3.36. The van der Waals surface area contributed by atoms with E-state index in [-0.39, 0.29) is 12.3 Å². The van der Waals surface area contributed by atoms with Crippen molar-refractivity contribution < 1.29 is 19.0 Å². The number of aromatic nitrogens is 3. The number of hydrogen-bond acceptors (Lipinski definition) is 6. The van der Waals surface area contributed by atoms with Crippen molar-refractivity contribution in [1.82, 2.24) is 15.4 Å². The lowest BCUT2D eigenvalue weighted by Crippen LogP contribution is -2.07. The van der Waals surface area contributed by atoms with Gasteiger partial charge in [0, 0.05) is 5.56 Å². The molecule has 0 bridgehead atoms. The van der Waals surface area contributed by atoms with Crippen LogP contribution in [0.5, 0.6) is 11.5 Å². The fourth-order valence-corrected chi connectivity index (χ4v) is 2.35. The number of hydrogen-bond donors (Lipinski definition) is 1. The third-order valence-electron chi connectivity index (χ3n) is 3.26. The fourth-order valence-electron chi connectivity index (χ4n) is 2.09. The summed E-state index contributed by atoms with van der Waals surface area (Å²) in [5.74, 6) is 0.378. The van der Waals surface area contributed by atoms with E-state index in [1.807, 2.05) is 0 Å². The summed E-state index contributed by atoms with van der Waals surface area (Å²) in [4.78, 5) is 11.9. The van der Waals surface area contributed by atoms with Crippen molar-refractivity contribution in [2.24, 2.45) is 0 Å². The molecule has 0 aliphatic rings. The van der Waals surface area contributed by atoms with Crippen LogP contribution in [0.2, 0.25) is 5.02 Å². The van der Waals surface area contributed by atoms with Crippen LogP contribution in [-0.2, 0) is 4.74 Å². The van der Waals surface area contributed by atoms with Crippen LogP contribution in [0.1, 0.15) is 37.2 Å². The van der Waals surface area contributed by atoms with E-state index < -0.39 is 5.97 Å². The molecule has 2 rings (SSSR count). The lowest BCUT2D eigenvalue weighted by atomic mass is 10.1. The number of rotatable bonds is 8. The van der Waals surface area contributed by atoms with Crippen LogP contribution in [0.25, 0.3) is 11.3 Å². The average molecular weight is 354 g/mol. The molecule has 0 saturated heterocycles. The second-order valence-electron chi connectivity index (χ2n) is 4.93. The summed E-state index contributed by atoms with van der Waals surface area (Å²) >= 11 is 6.32. The maximum atomic E-state index is 11.9. The molecule has 0 radical (unpaired) electrons. The normalized spacial score (nSPS) is 10.5. The van der Waals surface area contributed by atoms with Gasteiger partial charge >= 0.3 is 5.97 Å². The number of esters is 1. The first kappa shape index (κ1) is 18.1. The van der Waals surface area contributed by atoms with Gasteiger partial charge in [0.05, 0.1) is 25.3 Å². The minimum absolute atomic E-state index is 0.0922. The topological polar surface area (TPSA) is 86.3 Å². The first-order valence-corrected chi connectivity index (χ1v) is 8.08. The van der Waals surface area contributed by atoms with Crippen molar-refractivity contribution in [3.8, 4) is 22.8 Å². The summed E-state index contributed by atoms with van der Waals surface area (Å²) in [6.07, 6.45) is 1.93. The fraction of sp³-hybridized carbons (Fsp3) is 0.438. The van der Waals surface area contributed by atoms with Gasteiger partial charge < -0.3 is 14.2 Å². The average Bonchev–Trinajstić information content (AvgIpc) is 3.06. The van der Waals surface area contributed by atoms with Crippen LogP contribution in [0.15, 0.2) is 12.1 Å². The molecular formula is C16H20ClN3O4. The molecule has 24 heavy (non-hydrogen) atoms. The number of methoxy groups -OCH3 is 1. The van der Waals surface area contributed by atoms with E-state index >= 15 is 0 Å². The number of ether oxygens (including phenoxy) is 3. The minimum Gasteiger partial charge on any atom is -0.493 e. The Hall–Kier alpha value is -2.28. The van der Waals surface area contributed by atoms with Gasteiger partial charge in [0.15, 0.2) is 17.2 Å². The van der Waals surface area contributed by atoms with Gasteiger partial charge in [-0.3, -0.25) is 0 Å². The monoisotopic (exact) mass is 353 g/mol. The second kappa shape index (κ2) is 8.54. The van der Waals surface area contributed by atoms with Crippen LogP contribution in [0, 0.1) is 0 Å². The van der Waals surface area contributed by atoms with Crippen molar-refractivity contribution in [2.75, 3.05) is 20.3 Å². The maximum absolute atomic E-state index is 11.9. The highest BCUT2D eigenvalue weighted by atomic mass is 35.5. The summed E-state index contributed by atoms with van der Waals surface area (Å²) in [5, 5.41) is 10.7. The van der Waals surface area contributed by atoms with Crippen molar-refractivity contribution in [1.29, 1.82) is 0 Å². The van der Waals surface area contributed by atoms with Gasteiger partial charge in [-0.2, -0.15) is 10.3 Å². The van der Waals surface area contributed by atoms with Gasteiger partial charge in [-0.25, -0.2) is 4.79 Å². The first-order valence-electron chi connectivity index (χ1n) is 7.70. The molecular weight excluding hydrogens is 334 g/mol. The van der Waals surface area contributed by atoms with E-state index in [1.54, 1.807) is 19.1 Å². The number of H-pyrrole nitrogens is 1. The summed E-state index contributed by atoms with van der Waals surface area (Å²) in [7, 11) is 1.52. The van der Waals surface area contributed by atoms with Gasteiger partial charge in [-0.05, 0) is 25.5 Å². The molecule has 2 aromatic rings. The Kier molecular flexibility index (Phi) is 6.43. The molecule has 8 heteroatoms. The van der Waals surface area contributed by atoms with Crippen molar-refractivity contribution in [2.45, 2.75) is 26.7 Å². The van der Waals surface area contributed by atoms with E-state index in [1.165, 1.54) is 7.11 Å². The smallest absolute Gasteiger partial charge is 0.361 e. The van der Waals surface area contributed by atoms with E-state index in [0.717, 1.165) is 12.8 Å². The Labute approximate surface area is 145 Å². The van der Waals surface area contributed by atoms with Crippen LogP contribution < -0.4 is 9.47 Å². The lowest BCUT2D eigenvalue weighted by Gasteiger charge is -2.13. The predicted octanol–water partition coefficient (Wildman–Crippen LogP) is 3.49. The van der Waals surface area contributed by atoms with Gasteiger partial charge in [-0.15, -0.1) is 5.10 Å². The molecule has 0 unspecified atom stereocenters. The molecule has 0 aliphatic carbocycles. The predicted molar refractivity (Wildman–Crippen MR) is 89.7 cm³/mol. The highest BCUT2D eigenvalue weighted by Gasteiger charge is 2.22. The summed E-state index contributed by atoms with van der Waals surface area (Å²) < 4.78 is 16.0. The van der Waals surface area contributed by atoms with Crippen molar-refractivity contribution >= 4 is 17.6 Å². The zero-order valence-electron chi connectivity index (χ0n) is 13.9. The molecule has 1 aromatic carbocycles. The van der Waals surface area contributed by atoms with Crippen LogP contribution in [0.3, 0.4) is 0 Å². The SMILES string of the molecule is CCCCOc1c(Cl)cc(-c2n[nH]nc2C(=O)OCC)cc1OC. The zero-order chi connectivity index (χ0) is 17.5. The van der Waals surface area contributed by atoms with Crippen LogP contribution >= 0.6 is 11.6 Å². The minimum atomic E-state index is -0.556. The number of halogens is 1. The Morgan fingerprint density at radius 3 is 2.75 bits per heavy atom. The summed E-state index contributed by atoms with van der Waals surface area (Å²) in [5.41, 5.74) is 1.01. The Bertz CT molecular complexity index is 703. The van der Waals surface area contributed by atoms with E-state index in [4.69, 9.17) is 25.8 Å². The maximum Gasteiger partial charge on any atom is 0.361 e. The highest BCUT2D eigenvalue weighted by molar-refractivity contribution is 6.32. The number of benzene rings is 1. The van der Waals surface area contributed by atoms with Gasteiger partial charge in [0.1, 0.15) is 5.69 Å². The van der Waals surface area contributed by atoms with Gasteiger partial charge in [0.25, 0.3) is 0 Å². The molecule has 0 amide bonds. The van der Waals surface area contributed by atoms with Crippen molar-refractivity contribution in [3.63, 3.8) is 0 Å². The first-order chi connectivity index (χ1) is 11.6. The molecule has 0 fully saturated rings. The molecule has 1 aromatic heterocycles. The number of nitrogens with one attached hydrogen (secondary N) is 1. The molecule has 1 heterocycles. The second-order valence-corrected chi connectivity index (χ2v) is 5.34. The zero-order valence-corrected chi connectivity index (χ0v) is 14.6. The number of unbranched alkanes of at least 4 members (excludes halogenated alkanes) is 1. The molecule has 0 saturated carbocycles. The van der Waals surface area contributed by atoms with Crippen molar-refractivity contribution in [3.05, 3.63) is 22.8 Å². The Morgan fingerprint density at radius 1 is 1.29 bits per heavy atom. The van der Waals surface area contributed by atoms with E-state index in [2.05, 4.69) is 22.3 Å². The Morgan fingerprint density at radius 2 is 2.08 bits per heavy atom. The highest BCUT2D eigenvalue weighted by Crippen LogP contribution is 2.39. The quantitative estimate of drug-likeness (QED) is 0.577. The number of carbonyl (C=O) groups excluding carboxylic acids is 1. The van der Waals surface area contributed by atoms with E-state index in [0.29, 0.717) is 34.4 Å². The van der Waals surface area contributed by atoms with Crippen LogP contribution in [-0.4, -0.2) is 41.7 Å². The number of aromatic amines is 1. The van der Waals surface area contributed by atoms with E-state index in [9.17, 15) is 4.79 Å². The third-order valence-corrected chi connectivity index (χ3v) is 3.54. The van der Waals surface area contributed by atoms with Gasteiger partial charge in [-0.1, -0.05) is 24.9 Å². The molecule has 130 valence electrons. The largest absolute Gasteiger partial charge is 0.493 e. The molecule has 1 N–H and O–H groups in total. The van der Waals surface area contributed by atoms with Gasteiger partial charge in [0.2, 0.25) is 0 Å². The standard InChI is InChI=1S/C16H20ClN3O4/c1-4-6-7-24-15-11(17)8-10(9-12(15)22-3)13-14(19-20-18-13)16(21)23-5-2/h8-9H,4-7H2,1-3H3,(H,18,19,20). The summed E-state index contributed by atoms with van der Waals surface area (Å²) in [6.45, 7) is 4.59. The molecule has 0 spiro atoms. The van der Waals surface area contributed by atoms with Crippen LogP contribution in [0.4, 0.5) is 0 Å². The number of carbonyl (C=O) groups is 1. The lowest BCUT2D eigenvalue weighted by molar-refractivity contribution is 0.0520. The third kappa shape index (κ3) is 3.97. The molecule has 7 nitrogen and oxygen atoms in total.